The summed E-state index contributed by atoms with van der Waals surface area (Å²) in [5, 5.41) is 0. The van der Waals surface area contributed by atoms with Crippen LogP contribution in [0.5, 0.6) is 0 Å². The van der Waals surface area contributed by atoms with Crippen molar-refractivity contribution in [3.05, 3.63) is 0 Å². The van der Waals surface area contributed by atoms with Crippen molar-refractivity contribution in [2.24, 2.45) is 0 Å². The third-order valence-corrected chi connectivity index (χ3v) is 2.45. The van der Waals surface area contributed by atoms with E-state index in [0.29, 0.717) is 18.3 Å². The minimum atomic E-state index is 0.323. The van der Waals surface area contributed by atoms with Crippen LogP contribution in [-0.2, 0) is 9.47 Å². The molecule has 0 N–H and O–H groups in total. The van der Waals surface area contributed by atoms with Gasteiger partial charge in [-0.15, -0.1) is 0 Å². The average molecular weight is 193 g/mol. The Bertz CT molecular complexity index is 97.1. The van der Waals surface area contributed by atoms with Crippen molar-refractivity contribution >= 4 is 11.6 Å². The number of hydrogen-bond donors (Lipinski definition) is 0. The maximum atomic E-state index is 5.52. The van der Waals surface area contributed by atoms with Crippen LogP contribution >= 0.6 is 11.6 Å². The Kier molecular flexibility index (Phi) is 4.96. The maximum Gasteiger partial charge on any atom is 0.121 e. The molecule has 0 spiro atoms. The van der Waals surface area contributed by atoms with Gasteiger partial charge in [0.15, 0.2) is 0 Å². The number of ether oxygens (including phenoxy) is 2. The smallest absolute Gasteiger partial charge is 0.121 e. The predicted molar refractivity (Wildman–Crippen MR) is 49.5 cm³/mol. The molecule has 0 aromatic heterocycles. The van der Waals surface area contributed by atoms with Gasteiger partial charge in [0.2, 0.25) is 0 Å². The molecule has 1 aliphatic carbocycles. The van der Waals surface area contributed by atoms with Gasteiger partial charge in [-0.2, -0.15) is 0 Å². The SMILES string of the molecule is CCOC1CCC(OCCl)CC1. The number of hydrogen-bond acceptors (Lipinski definition) is 2. The van der Waals surface area contributed by atoms with Gasteiger partial charge in [-0.05, 0) is 32.6 Å². The Morgan fingerprint density at radius 3 is 2.00 bits per heavy atom. The second-order valence-electron chi connectivity index (χ2n) is 3.13. The lowest BCUT2D eigenvalue weighted by molar-refractivity contribution is -0.0164. The molecular weight excluding hydrogens is 176 g/mol. The van der Waals surface area contributed by atoms with Gasteiger partial charge < -0.3 is 9.47 Å². The molecule has 0 unspecified atom stereocenters. The second kappa shape index (κ2) is 5.79. The van der Waals surface area contributed by atoms with Crippen molar-refractivity contribution in [1.29, 1.82) is 0 Å². The van der Waals surface area contributed by atoms with Crippen LogP contribution in [0.2, 0.25) is 0 Å². The summed E-state index contributed by atoms with van der Waals surface area (Å²) in [6.45, 7) is 2.87. The molecule has 0 bridgehead atoms. The zero-order valence-corrected chi connectivity index (χ0v) is 8.35. The molecule has 1 rings (SSSR count). The molecule has 12 heavy (non-hydrogen) atoms. The minimum Gasteiger partial charge on any atom is -0.379 e. The minimum absolute atomic E-state index is 0.323. The fourth-order valence-corrected chi connectivity index (χ4v) is 1.87. The van der Waals surface area contributed by atoms with Crippen LogP contribution in [0.4, 0.5) is 0 Å². The molecule has 2 nitrogen and oxygen atoms in total. The topological polar surface area (TPSA) is 18.5 Å². The van der Waals surface area contributed by atoms with Gasteiger partial charge in [0, 0.05) is 6.61 Å². The number of alkyl halides is 1. The first-order chi connectivity index (χ1) is 5.86. The van der Waals surface area contributed by atoms with Crippen molar-refractivity contribution in [1.82, 2.24) is 0 Å². The Morgan fingerprint density at radius 1 is 1.08 bits per heavy atom. The molecule has 0 saturated heterocycles. The van der Waals surface area contributed by atoms with E-state index in [9.17, 15) is 0 Å². The van der Waals surface area contributed by atoms with Crippen molar-refractivity contribution < 1.29 is 9.47 Å². The molecule has 0 atom stereocenters. The van der Waals surface area contributed by atoms with E-state index >= 15 is 0 Å². The molecule has 0 heterocycles. The number of rotatable bonds is 4. The van der Waals surface area contributed by atoms with Crippen molar-refractivity contribution in [3.8, 4) is 0 Å². The fourth-order valence-electron chi connectivity index (χ4n) is 1.69. The van der Waals surface area contributed by atoms with Gasteiger partial charge in [0.05, 0.1) is 12.2 Å². The lowest BCUT2D eigenvalue weighted by atomic mass is 9.95. The van der Waals surface area contributed by atoms with Crippen molar-refractivity contribution in [2.75, 3.05) is 12.7 Å². The molecule has 0 amide bonds. The van der Waals surface area contributed by atoms with E-state index in [1.165, 1.54) is 0 Å². The van der Waals surface area contributed by atoms with Crippen molar-refractivity contribution in [2.45, 2.75) is 44.8 Å². The quantitative estimate of drug-likeness (QED) is 0.638. The number of halogens is 1. The van der Waals surface area contributed by atoms with Crippen LogP contribution in [0.1, 0.15) is 32.6 Å². The highest BCUT2D eigenvalue weighted by atomic mass is 35.5. The first kappa shape index (κ1) is 10.3. The van der Waals surface area contributed by atoms with Crippen LogP contribution in [0.15, 0.2) is 0 Å². The van der Waals surface area contributed by atoms with Gasteiger partial charge in [-0.1, -0.05) is 11.6 Å². The summed E-state index contributed by atoms with van der Waals surface area (Å²) >= 11 is 5.48. The lowest BCUT2D eigenvalue weighted by Crippen LogP contribution is -2.26. The third-order valence-electron chi connectivity index (χ3n) is 2.32. The Hall–Kier alpha value is 0.210. The summed E-state index contributed by atoms with van der Waals surface area (Å²) in [6.07, 6.45) is 5.27. The van der Waals surface area contributed by atoms with Crippen LogP contribution in [0.25, 0.3) is 0 Å². The van der Waals surface area contributed by atoms with E-state index in [1.54, 1.807) is 0 Å². The molecule has 1 aliphatic rings. The summed E-state index contributed by atoms with van der Waals surface area (Å²) < 4.78 is 10.8. The summed E-state index contributed by atoms with van der Waals surface area (Å²) in [5.41, 5.74) is 0. The zero-order valence-electron chi connectivity index (χ0n) is 7.59. The van der Waals surface area contributed by atoms with E-state index < -0.39 is 0 Å². The summed E-state index contributed by atoms with van der Waals surface area (Å²) in [4.78, 5) is 0. The molecule has 1 fully saturated rings. The van der Waals surface area contributed by atoms with Gasteiger partial charge in [0.1, 0.15) is 6.07 Å². The normalized spacial score (nSPS) is 30.5. The largest absolute Gasteiger partial charge is 0.379 e. The molecule has 1 saturated carbocycles. The van der Waals surface area contributed by atoms with Gasteiger partial charge >= 0.3 is 0 Å². The predicted octanol–water partition coefficient (Wildman–Crippen LogP) is 2.55. The van der Waals surface area contributed by atoms with Crippen LogP contribution in [0, 0.1) is 0 Å². The monoisotopic (exact) mass is 192 g/mol. The van der Waals surface area contributed by atoms with E-state index in [2.05, 4.69) is 0 Å². The zero-order chi connectivity index (χ0) is 8.81. The van der Waals surface area contributed by atoms with Crippen LogP contribution in [0.3, 0.4) is 0 Å². The van der Waals surface area contributed by atoms with E-state index in [4.69, 9.17) is 21.1 Å². The molecule has 0 aliphatic heterocycles. The highest BCUT2D eigenvalue weighted by Crippen LogP contribution is 2.23. The first-order valence-corrected chi connectivity index (χ1v) is 5.19. The Morgan fingerprint density at radius 2 is 1.58 bits per heavy atom. The maximum absolute atomic E-state index is 5.52. The Balaban J connectivity index is 2.11. The van der Waals surface area contributed by atoms with E-state index in [0.717, 1.165) is 32.3 Å². The average Bonchev–Trinajstić information content (AvgIpc) is 2.09. The third kappa shape index (κ3) is 3.30. The molecule has 3 heteroatoms. The first-order valence-electron chi connectivity index (χ1n) is 4.66. The van der Waals surface area contributed by atoms with E-state index in [1.807, 2.05) is 6.92 Å². The fraction of sp³-hybridized carbons (Fsp3) is 1.00. The molecule has 0 radical (unpaired) electrons. The lowest BCUT2D eigenvalue weighted by Gasteiger charge is -2.27. The summed E-state index contributed by atoms with van der Waals surface area (Å²) in [6, 6.07) is 0.323. The standard InChI is InChI=1S/C9H17ClO2/c1-2-11-8-3-5-9(6-4-8)12-7-10/h8-9H,2-7H2,1H3. The molecule has 0 aromatic rings. The molecule has 0 aromatic carbocycles. The second-order valence-corrected chi connectivity index (χ2v) is 3.35. The Labute approximate surface area is 79.2 Å². The highest BCUT2D eigenvalue weighted by Gasteiger charge is 2.21. The van der Waals surface area contributed by atoms with E-state index in [-0.39, 0.29) is 0 Å². The summed E-state index contributed by atoms with van der Waals surface area (Å²) in [5.74, 6) is 0. The van der Waals surface area contributed by atoms with Gasteiger partial charge in [-0.25, -0.2) is 0 Å². The van der Waals surface area contributed by atoms with Gasteiger partial charge in [-0.3, -0.25) is 0 Å². The van der Waals surface area contributed by atoms with Crippen LogP contribution in [-0.4, -0.2) is 24.9 Å². The van der Waals surface area contributed by atoms with Crippen molar-refractivity contribution in [3.63, 3.8) is 0 Å². The summed E-state index contributed by atoms with van der Waals surface area (Å²) in [7, 11) is 0. The molecule has 72 valence electrons. The van der Waals surface area contributed by atoms with Gasteiger partial charge in [0.25, 0.3) is 0 Å². The van der Waals surface area contributed by atoms with Crippen LogP contribution < -0.4 is 0 Å². The molecular formula is C9H17ClO2. The highest BCUT2D eigenvalue weighted by molar-refractivity contribution is 6.17.